The van der Waals surface area contributed by atoms with Crippen molar-refractivity contribution in [3.63, 3.8) is 0 Å². The van der Waals surface area contributed by atoms with Crippen molar-refractivity contribution in [3.05, 3.63) is 35.6 Å². The Morgan fingerprint density at radius 1 is 1.24 bits per heavy atom. The zero-order valence-corrected chi connectivity index (χ0v) is 14.9. The molecule has 1 saturated heterocycles. The molecule has 1 heterocycles. The summed E-state index contributed by atoms with van der Waals surface area (Å²) in [4.78, 5) is 26.3. The van der Waals surface area contributed by atoms with Crippen LogP contribution in [-0.2, 0) is 15.0 Å². The molecular formula is C20H27FN2O2. The van der Waals surface area contributed by atoms with Crippen LogP contribution >= 0.6 is 0 Å². The standard InChI is InChI=1S/C20H27FN2O2/c1-2-18(24)23-12-3-5-15(13-23)19(25)22-14-20(10-4-11-20)16-6-8-17(21)9-7-16/h6-9,15H,2-5,10-14H2,1H3,(H,22,25)/t15-/m0/s1. The molecule has 1 saturated carbocycles. The minimum Gasteiger partial charge on any atom is -0.355 e. The molecule has 3 rings (SSSR count). The number of amides is 2. The zero-order chi connectivity index (χ0) is 17.9. The smallest absolute Gasteiger partial charge is 0.224 e. The number of halogens is 1. The van der Waals surface area contributed by atoms with E-state index in [1.807, 2.05) is 24.0 Å². The lowest BCUT2D eigenvalue weighted by molar-refractivity contribution is -0.135. The van der Waals surface area contributed by atoms with Crippen LogP contribution in [0.3, 0.4) is 0 Å². The third kappa shape index (κ3) is 3.86. The molecule has 1 aromatic rings. The van der Waals surface area contributed by atoms with Crippen molar-refractivity contribution in [2.45, 2.75) is 50.9 Å². The van der Waals surface area contributed by atoms with Gasteiger partial charge >= 0.3 is 0 Å². The molecule has 0 spiro atoms. The van der Waals surface area contributed by atoms with Gasteiger partial charge in [-0.3, -0.25) is 9.59 Å². The van der Waals surface area contributed by atoms with E-state index in [-0.39, 0.29) is 29.0 Å². The topological polar surface area (TPSA) is 49.4 Å². The van der Waals surface area contributed by atoms with E-state index >= 15 is 0 Å². The molecule has 1 aliphatic carbocycles. The van der Waals surface area contributed by atoms with E-state index in [2.05, 4.69) is 5.32 Å². The Morgan fingerprint density at radius 2 is 1.96 bits per heavy atom. The number of hydrogen-bond donors (Lipinski definition) is 1. The SMILES string of the molecule is CCC(=O)N1CCC[C@H](C(=O)NCC2(c3ccc(F)cc3)CCC2)C1. The Balaban J connectivity index is 1.59. The lowest BCUT2D eigenvalue weighted by Gasteiger charge is -2.43. The predicted molar refractivity (Wildman–Crippen MR) is 94.5 cm³/mol. The molecule has 4 nitrogen and oxygen atoms in total. The number of rotatable bonds is 5. The molecular weight excluding hydrogens is 319 g/mol. The largest absolute Gasteiger partial charge is 0.355 e. The molecule has 0 bridgehead atoms. The highest BCUT2D eigenvalue weighted by molar-refractivity contribution is 5.81. The number of hydrogen-bond acceptors (Lipinski definition) is 2. The third-order valence-corrected chi connectivity index (χ3v) is 5.82. The van der Waals surface area contributed by atoms with Crippen molar-refractivity contribution < 1.29 is 14.0 Å². The molecule has 1 aliphatic heterocycles. The van der Waals surface area contributed by atoms with Crippen molar-refractivity contribution in [3.8, 4) is 0 Å². The fraction of sp³-hybridized carbons (Fsp3) is 0.600. The maximum absolute atomic E-state index is 13.2. The fourth-order valence-corrected chi connectivity index (χ4v) is 4.02. The Labute approximate surface area is 148 Å². The monoisotopic (exact) mass is 346 g/mol. The van der Waals surface area contributed by atoms with E-state index in [4.69, 9.17) is 0 Å². The third-order valence-electron chi connectivity index (χ3n) is 5.82. The minimum atomic E-state index is -0.231. The quantitative estimate of drug-likeness (QED) is 0.891. The van der Waals surface area contributed by atoms with E-state index in [1.165, 1.54) is 12.1 Å². The van der Waals surface area contributed by atoms with Crippen molar-refractivity contribution in [1.29, 1.82) is 0 Å². The summed E-state index contributed by atoms with van der Waals surface area (Å²) >= 11 is 0. The summed E-state index contributed by atoms with van der Waals surface area (Å²) in [6.07, 6.45) is 5.38. The lowest BCUT2D eigenvalue weighted by atomic mass is 9.64. The number of likely N-dealkylation sites (tertiary alicyclic amines) is 1. The van der Waals surface area contributed by atoms with Crippen LogP contribution in [0.25, 0.3) is 0 Å². The summed E-state index contributed by atoms with van der Waals surface area (Å²) in [6, 6.07) is 6.66. The van der Waals surface area contributed by atoms with Gasteiger partial charge in [-0.25, -0.2) is 4.39 Å². The van der Waals surface area contributed by atoms with Gasteiger partial charge in [0.05, 0.1) is 5.92 Å². The summed E-state index contributed by atoms with van der Waals surface area (Å²) < 4.78 is 13.2. The number of piperidine rings is 1. The average Bonchev–Trinajstić information content (AvgIpc) is 2.61. The van der Waals surface area contributed by atoms with E-state index < -0.39 is 0 Å². The highest BCUT2D eigenvalue weighted by Crippen LogP contribution is 2.43. The Hall–Kier alpha value is -1.91. The number of benzene rings is 1. The summed E-state index contributed by atoms with van der Waals surface area (Å²) in [5.74, 6) is -0.180. The van der Waals surface area contributed by atoms with Gasteiger partial charge in [-0.15, -0.1) is 0 Å². The maximum Gasteiger partial charge on any atom is 0.224 e. The molecule has 0 unspecified atom stereocenters. The van der Waals surface area contributed by atoms with Crippen molar-refractivity contribution >= 4 is 11.8 Å². The maximum atomic E-state index is 13.2. The molecule has 0 radical (unpaired) electrons. The lowest BCUT2D eigenvalue weighted by Crippen LogP contribution is -2.50. The summed E-state index contributed by atoms with van der Waals surface area (Å²) in [7, 11) is 0. The van der Waals surface area contributed by atoms with Crippen LogP contribution in [0, 0.1) is 11.7 Å². The van der Waals surface area contributed by atoms with E-state index in [0.717, 1.165) is 44.2 Å². The van der Waals surface area contributed by atoms with Crippen LogP contribution in [-0.4, -0.2) is 36.3 Å². The normalized spacial score (nSPS) is 22.2. The second kappa shape index (κ2) is 7.54. The van der Waals surface area contributed by atoms with Crippen LogP contribution in [0.4, 0.5) is 4.39 Å². The van der Waals surface area contributed by atoms with Gasteiger partial charge in [0.25, 0.3) is 0 Å². The van der Waals surface area contributed by atoms with Crippen LogP contribution in [0.2, 0.25) is 0 Å². The van der Waals surface area contributed by atoms with Gasteiger partial charge in [-0.1, -0.05) is 25.5 Å². The van der Waals surface area contributed by atoms with Gasteiger partial charge in [-0.2, -0.15) is 0 Å². The number of nitrogens with zero attached hydrogens (tertiary/aromatic N) is 1. The van der Waals surface area contributed by atoms with E-state index in [0.29, 0.717) is 19.5 Å². The van der Waals surface area contributed by atoms with Crippen molar-refractivity contribution in [1.82, 2.24) is 10.2 Å². The molecule has 1 atom stereocenters. The van der Waals surface area contributed by atoms with Gasteiger partial charge in [0.15, 0.2) is 0 Å². The van der Waals surface area contributed by atoms with Gasteiger partial charge in [0.1, 0.15) is 5.82 Å². The van der Waals surface area contributed by atoms with Crippen LogP contribution < -0.4 is 5.32 Å². The molecule has 2 aliphatic rings. The molecule has 1 aromatic carbocycles. The first-order valence-electron chi connectivity index (χ1n) is 9.35. The van der Waals surface area contributed by atoms with Crippen LogP contribution in [0.1, 0.15) is 51.0 Å². The predicted octanol–water partition coefficient (Wildman–Crippen LogP) is 3.01. The first kappa shape index (κ1) is 17.9. The van der Waals surface area contributed by atoms with Crippen molar-refractivity contribution in [2.24, 2.45) is 5.92 Å². The van der Waals surface area contributed by atoms with Gasteiger partial charge in [0.2, 0.25) is 11.8 Å². The first-order chi connectivity index (χ1) is 12.0. The zero-order valence-electron chi connectivity index (χ0n) is 14.9. The number of carbonyl (C=O) groups excluding carboxylic acids is 2. The van der Waals surface area contributed by atoms with Gasteiger partial charge in [0, 0.05) is 31.5 Å². The highest BCUT2D eigenvalue weighted by Gasteiger charge is 2.39. The van der Waals surface area contributed by atoms with Crippen LogP contribution in [0.15, 0.2) is 24.3 Å². The molecule has 5 heteroatoms. The second-order valence-electron chi connectivity index (χ2n) is 7.39. The van der Waals surface area contributed by atoms with E-state index in [1.54, 1.807) is 0 Å². The number of nitrogens with one attached hydrogen (secondary N) is 1. The highest BCUT2D eigenvalue weighted by atomic mass is 19.1. The average molecular weight is 346 g/mol. The van der Waals surface area contributed by atoms with Crippen LogP contribution in [0.5, 0.6) is 0 Å². The second-order valence-corrected chi connectivity index (χ2v) is 7.39. The molecule has 25 heavy (non-hydrogen) atoms. The number of carbonyl (C=O) groups is 2. The summed E-state index contributed by atoms with van der Waals surface area (Å²) in [5, 5.41) is 3.12. The molecule has 0 aromatic heterocycles. The van der Waals surface area contributed by atoms with Crippen molar-refractivity contribution in [2.75, 3.05) is 19.6 Å². The summed E-state index contributed by atoms with van der Waals surface area (Å²) in [5.41, 5.74) is 1.05. The van der Waals surface area contributed by atoms with Gasteiger partial charge in [-0.05, 0) is 43.4 Å². The molecule has 136 valence electrons. The van der Waals surface area contributed by atoms with E-state index in [9.17, 15) is 14.0 Å². The molecule has 2 fully saturated rings. The first-order valence-corrected chi connectivity index (χ1v) is 9.35. The Kier molecular flexibility index (Phi) is 5.40. The van der Waals surface area contributed by atoms with Gasteiger partial charge < -0.3 is 10.2 Å². The molecule has 2 amide bonds. The minimum absolute atomic E-state index is 0.0435. The fourth-order valence-electron chi connectivity index (χ4n) is 4.02. The Bertz CT molecular complexity index is 625. The Morgan fingerprint density at radius 3 is 2.56 bits per heavy atom. The molecule has 1 N–H and O–H groups in total. The summed E-state index contributed by atoms with van der Waals surface area (Å²) in [6.45, 7) is 3.74.